The standard InChI is InChI=1S/C16H21N3S/c1-4-12(2)18-19-13(3)20-15-8-6-5-7-14-9-10-17-16(14)11-15/h5,7,9-11,17H,4,6,8H2,1-3H3/b7-5-,15-11+,18-12+,19-13+. The summed E-state index contributed by atoms with van der Waals surface area (Å²) in [5.41, 5.74) is 3.48. The van der Waals surface area contributed by atoms with Gasteiger partial charge >= 0.3 is 0 Å². The van der Waals surface area contributed by atoms with Gasteiger partial charge in [0.2, 0.25) is 0 Å². The number of hydrogen-bond donors (Lipinski definition) is 1. The molecule has 0 bridgehead atoms. The predicted octanol–water partition coefficient (Wildman–Crippen LogP) is 5.10. The summed E-state index contributed by atoms with van der Waals surface area (Å²) in [6.45, 7) is 6.11. The highest BCUT2D eigenvalue weighted by Crippen LogP contribution is 2.28. The average molecular weight is 287 g/mol. The number of fused-ring (bicyclic) bond motifs is 1. The summed E-state index contributed by atoms with van der Waals surface area (Å²) in [7, 11) is 0. The number of aromatic amines is 1. The number of aromatic nitrogens is 1. The van der Waals surface area contributed by atoms with Crippen LogP contribution in [-0.4, -0.2) is 15.7 Å². The molecule has 0 aromatic carbocycles. The zero-order valence-electron chi connectivity index (χ0n) is 12.3. The van der Waals surface area contributed by atoms with Crippen LogP contribution in [0.3, 0.4) is 0 Å². The van der Waals surface area contributed by atoms with Crippen molar-refractivity contribution in [3.8, 4) is 0 Å². The third-order valence-corrected chi connectivity index (χ3v) is 4.09. The number of hydrogen-bond acceptors (Lipinski definition) is 3. The van der Waals surface area contributed by atoms with Crippen LogP contribution in [0.5, 0.6) is 0 Å². The maximum absolute atomic E-state index is 4.29. The highest BCUT2D eigenvalue weighted by molar-refractivity contribution is 8.17. The molecule has 0 aliphatic heterocycles. The Hall–Kier alpha value is -1.55. The second kappa shape index (κ2) is 7.29. The highest BCUT2D eigenvalue weighted by Gasteiger charge is 2.06. The summed E-state index contributed by atoms with van der Waals surface area (Å²) in [6, 6.07) is 2.10. The normalized spacial score (nSPS) is 20.6. The van der Waals surface area contributed by atoms with Gasteiger partial charge in [0.15, 0.2) is 0 Å². The monoisotopic (exact) mass is 287 g/mol. The number of rotatable bonds is 3. The van der Waals surface area contributed by atoms with Gasteiger partial charge in [-0.2, -0.15) is 5.10 Å². The van der Waals surface area contributed by atoms with Gasteiger partial charge in [-0.3, -0.25) is 0 Å². The van der Waals surface area contributed by atoms with E-state index in [0.29, 0.717) is 0 Å². The maximum Gasteiger partial charge on any atom is 0.0972 e. The molecule has 0 atom stereocenters. The molecule has 0 radical (unpaired) electrons. The van der Waals surface area contributed by atoms with Gasteiger partial charge in [-0.1, -0.05) is 30.8 Å². The maximum atomic E-state index is 4.29. The summed E-state index contributed by atoms with van der Waals surface area (Å²) in [4.78, 5) is 4.60. The molecular weight excluding hydrogens is 266 g/mol. The van der Waals surface area contributed by atoms with E-state index >= 15 is 0 Å². The molecular formula is C16H21N3S. The smallest absolute Gasteiger partial charge is 0.0972 e. The minimum atomic E-state index is 0.945. The van der Waals surface area contributed by atoms with E-state index in [0.717, 1.165) is 30.0 Å². The van der Waals surface area contributed by atoms with E-state index in [4.69, 9.17) is 0 Å². The molecule has 0 saturated carbocycles. The quantitative estimate of drug-likeness (QED) is 0.469. The summed E-state index contributed by atoms with van der Waals surface area (Å²) < 4.78 is 0. The molecule has 0 unspecified atom stereocenters. The van der Waals surface area contributed by atoms with E-state index in [1.807, 2.05) is 20.0 Å². The molecule has 1 aromatic heterocycles. The summed E-state index contributed by atoms with van der Waals surface area (Å²) in [6.07, 6.45) is 11.7. The first-order chi connectivity index (χ1) is 9.69. The Kier molecular flexibility index (Phi) is 5.41. The lowest BCUT2D eigenvalue weighted by molar-refractivity contribution is 1.04. The molecule has 1 aromatic rings. The van der Waals surface area contributed by atoms with Crippen LogP contribution in [0.15, 0.2) is 33.4 Å². The largest absolute Gasteiger partial charge is 0.361 e. The zero-order valence-corrected chi connectivity index (χ0v) is 13.1. The van der Waals surface area contributed by atoms with Crippen molar-refractivity contribution in [3.05, 3.63) is 34.5 Å². The van der Waals surface area contributed by atoms with Crippen LogP contribution in [0.25, 0.3) is 12.2 Å². The van der Waals surface area contributed by atoms with Gasteiger partial charge in [0.05, 0.1) is 5.04 Å². The number of nitrogens with zero attached hydrogens (tertiary/aromatic N) is 2. The highest BCUT2D eigenvalue weighted by atomic mass is 32.2. The van der Waals surface area contributed by atoms with E-state index in [-0.39, 0.29) is 0 Å². The number of thioether (sulfide) groups is 1. The lowest BCUT2D eigenvalue weighted by atomic mass is 10.1. The predicted molar refractivity (Wildman–Crippen MR) is 91.1 cm³/mol. The molecule has 106 valence electrons. The van der Waals surface area contributed by atoms with Gasteiger partial charge in [0.25, 0.3) is 0 Å². The first kappa shape index (κ1) is 14.9. The molecule has 1 N–H and O–H groups in total. The van der Waals surface area contributed by atoms with Crippen LogP contribution < -0.4 is 0 Å². The van der Waals surface area contributed by atoms with Crippen LogP contribution in [0.2, 0.25) is 0 Å². The molecule has 3 nitrogen and oxygen atoms in total. The summed E-state index contributed by atoms with van der Waals surface area (Å²) in [5.74, 6) is 0. The second-order valence-corrected chi connectivity index (χ2v) is 6.13. The lowest BCUT2D eigenvalue weighted by Gasteiger charge is -2.07. The fourth-order valence-electron chi connectivity index (χ4n) is 1.85. The minimum absolute atomic E-state index is 0.945. The lowest BCUT2D eigenvalue weighted by Crippen LogP contribution is -1.91. The molecule has 0 saturated heterocycles. The topological polar surface area (TPSA) is 40.5 Å². The fraction of sp³-hybridized carbons (Fsp3) is 0.375. The zero-order chi connectivity index (χ0) is 14.4. The third kappa shape index (κ3) is 4.23. The van der Waals surface area contributed by atoms with Crippen molar-refractivity contribution in [2.75, 3.05) is 0 Å². The van der Waals surface area contributed by atoms with Crippen LogP contribution in [0, 0.1) is 0 Å². The molecule has 1 aliphatic rings. The molecule has 4 heteroatoms. The first-order valence-corrected chi connectivity index (χ1v) is 7.80. The van der Waals surface area contributed by atoms with Gasteiger partial charge in [0.1, 0.15) is 0 Å². The molecule has 1 heterocycles. The Balaban J connectivity index is 2.13. The van der Waals surface area contributed by atoms with Crippen molar-refractivity contribution in [3.63, 3.8) is 0 Å². The van der Waals surface area contributed by atoms with Crippen LogP contribution in [0.1, 0.15) is 51.3 Å². The van der Waals surface area contributed by atoms with Crippen LogP contribution in [0.4, 0.5) is 0 Å². The molecule has 0 amide bonds. The van der Waals surface area contributed by atoms with Gasteiger partial charge in [-0.15, -0.1) is 5.10 Å². The Labute approximate surface area is 125 Å². The van der Waals surface area contributed by atoms with E-state index in [1.54, 1.807) is 11.8 Å². The van der Waals surface area contributed by atoms with Gasteiger partial charge in [-0.05, 0) is 55.7 Å². The number of allylic oxidation sites excluding steroid dienone is 2. The molecule has 0 spiro atoms. The van der Waals surface area contributed by atoms with Crippen molar-refractivity contribution >= 4 is 34.7 Å². The first-order valence-electron chi connectivity index (χ1n) is 6.99. The summed E-state index contributed by atoms with van der Waals surface area (Å²) in [5, 5.41) is 9.49. The second-order valence-electron chi connectivity index (χ2n) is 4.81. The van der Waals surface area contributed by atoms with Crippen molar-refractivity contribution in [2.45, 2.75) is 40.0 Å². The van der Waals surface area contributed by atoms with Crippen molar-refractivity contribution in [1.29, 1.82) is 0 Å². The van der Waals surface area contributed by atoms with Gasteiger partial charge < -0.3 is 4.98 Å². The number of nitrogens with one attached hydrogen (secondary N) is 1. The van der Waals surface area contributed by atoms with Crippen LogP contribution >= 0.6 is 11.8 Å². The molecule has 1 aliphatic carbocycles. The van der Waals surface area contributed by atoms with E-state index in [1.165, 1.54) is 16.2 Å². The third-order valence-electron chi connectivity index (χ3n) is 3.12. The molecule has 2 rings (SSSR count). The number of H-pyrrole nitrogens is 1. The van der Waals surface area contributed by atoms with Gasteiger partial charge in [-0.25, -0.2) is 0 Å². The molecule has 20 heavy (non-hydrogen) atoms. The fourth-order valence-corrected chi connectivity index (χ4v) is 2.71. The van der Waals surface area contributed by atoms with Gasteiger partial charge in [0, 0.05) is 17.6 Å². The molecule has 0 fully saturated rings. The average Bonchev–Trinajstić information content (AvgIpc) is 2.84. The Bertz CT molecular complexity index is 576. The SMILES string of the molecule is CC/C(C)=N/N=C(\C)S/C1=C/c2[nH]ccc2/C=C\CC1. The Morgan fingerprint density at radius 3 is 3.00 bits per heavy atom. The van der Waals surface area contributed by atoms with E-state index < -0.39 is 0 Å². The van der Waals surface area contributed by atoms with E-state index in [9.17, 15) is 0 Å². The van der Waals surface area contributed by atoms with Crippen molar-refractivity contribution in [1.82, 2.24) is 4.98 Å². The Morgan fingerprint density at radius 1 is 1.35 bits per heavy atom. The van der Waals surface area contributed by atoms with Crippen LogP contribution in [-0.2, 0) is 0 Å². The minimum Gasteiger partial charge on any atom is -0.361 e. The Morgan fingerprint density at radius 2 is 2.20 bits per heavy atom. The van der Waals surface area contributed by atoms with Crippen molar-refractivity contribution in [2.24, 2.45) is 10.2 Å². The summed E-state index contributed by atoms with van der Waals surface area (Å²) >= 11 is 1.71. The van der Waals surface area contributed by atoms with Crippen molar-refractivity contribution < 1.29 is 0 Å². The van der Waals surface area contributed by atoms with E-state index in [2.05, 4.69) is 46.4 Å².